The summed E-state index contributed by atoms with van der Waals surface area (Å²) >= 11 is 0. The van der Waals surface area contributed by atoms with Gasteiger partial charge < -0.3 is 14.4 Å². The predicted molar refractivity (Wildman–Crippen MR) is 93.4 cm³/mol. The minimum Gasteiger partial charge on any atom is -0.358 e. The molecule has 3 aromatic rings. The molecule has 1 unspecified atom stereocenters. The number of carbonyl (C=O) groups is 1. The van der Waals surface area contributed by atoms with Crippen molar-refractivity contribution >= 4 is 5.91 Å². The van der Waals surface area contributed by atoms with Crippen LogP contribution in [-0.2, 0) is 6.18 Å². The van der Waals surface area contributed by atoms with Crippen molar-refractivity contribution in [2.75, 3.05) is 13.1 Å². The molecule has 0 radical (unpaired) electrons. The molecule has 3 heterocycles. The lowest BCUT2D eigenvalue weighted by Crippen LogP contribution is -2.39. The molecule has 1 saturated heterocycles. The summed E-state index contributed by atoms with van der Waals surface area (Å²) in [6, 6.07) is 6.22. The third-order valence-electron chi connectivity index (χ3n) is 4.84. The second kappa shape index (κ2) is 7.34. The molecule has 1 N–H and O–H groups in total. The fourth-order valence-electron chi connectivity index (χ4n) is 3.34. The van der Waals surface area contributed by atoms with Gasteiger partial charge in [0.15, 0.2) is 0 Å². The lowest BCUT2D eigenvalue weighted by atomic mass is 9.97. The van der Waals surface area contributed by atoms with Crippen molar-refractivity contribution in [3.63, 3.8) is 0 Å². The molecular weight excluding hydrogens is 392 g/mol. The van der Waals surface area contributed by atoms with Gasteiger partial charge in [0.2, 0.25) is 11.7 Å². The first-order valence-electron chi connectivity index (χ1n) is 8.95. The average molecular weight is 408 g/mol. The van der Waals surface area contributed by atoms with Crippen molar-refractivity contribution in [3.05, 3.63) is 59.4 Å². The van der Waals surface area contributed by atoms with E-state index in [1.165, 1.54) is 24.3 Å². The van der Waals surface area contributed by atoms with Crippen LogP contribution < -0.4 is 0 Å². The van der Waals surface area contributed by atoms with Crippen LogP contribution in [0.5, 0.6) is 0 Å². The number of carbonyl (C=O) groups excluding carboxylic acids is 1. The average Bonchev–Trinajstić information content (AvgIpc) is 3.37. The number of alkyl halides is 3. The second-order valence-corrected chi connectivity index (χ2v) is 6.85. The highest BCUT2D eigenvalue weighted by atomic mass is 19.4. The predicted octanol–water partition coefficient (Wildman–Crippen LogP) is 4.24. The summed E-state index contributed by atoms with van der Waals surface area (Å²) in [6.45, 7) is 0.871. The van der Waals surface area contributed by atoms with Gasteiger partial charge >= 0.3 is 6.18 Å². The molecule has 0 aliphatic carbocycles. The summed E-state index contributed by atoms with van der Waals surface area (Å²) in [6.07, 6.45) is -2.22. The third-order valence-corrected chi connectivity index (χ3v) is 4.84. The molecule has 1 aromatic carbocycles. The number of nitrogens with one attached hydrogen (secondary N) is 1. The van der Waals surface area contributed by atoms with Crippen molar-refractivity contribution < 1.29 is 26.9 Å². The van der Waals surface area contributed by atoms with Crippen LogP contribution in [0.2, 0.25) is 0 Å². The summed E-state index contributed by atoms with van der Waals surface area (Å²) in [5.41, 5.74) is -0.348. The SMILES string of the molecule is O=C(c1ccc(F)cc1)N1CCCC(c2nc(-c3cc(C(F)(F)F)c[nH]3)no2)C1. The smallest absolute Gasteiger partial charge is 0.358 e. The van der Waals surface area contributed by atoms with E-state index in [1.807, 2.05) is 0 Å². The van der Waals surface area contributed by atoms with E-state index >= 15 is 0 Å². The maximum Gasteiger partial charge on any atom is 0.417 e. The number of aromatic nitrogens is 3. The van der Waals surface area contributed by atoms with E-state index in [9.17, 15) is 22.4 Å². The number of H-pyrrole nitrogens is 1. The fraction of sp³-hybridized carbons (Fsp3) is 0.316. The molecule has 0 bridgehead atoms. The molecule has 1 amide bonds. The molecule has 2 aromatic heterocycles. The van der Waals surface area contributed by atoms with Gasteiger partial charge in [-0.1, -0.05) is 5.16 Å². The maximum atomic E-state index is 13.1. The Hall–Kier alpha value is -3.17. The van der Waals surface area contributed by atoms with E-state index < -0.39 is 17.6 Å². The summed E-state index contributed by atoms with van der Waals surface area (Å²) in [4.78, 5) is 21.0. The monoisotopic (exact) mass is 408 g/mol. The molecule has 29 heavy (non-hydrogen) atoms. The number of amides is 1. The van der Waals surface area contributed by atoms with E-state index in [1.54, 1.807) is 4.90 Å². The first-order valence-corrected chi connectivity index (χ1v) is 8.95. The summed E-state index contributed by atoms with van der Waals surface area (Å²) in [5.74, 6) is -0.591. The van der Waals surface area contributed by atoms with Crippen LogP contribution in [0, 0.1) is 5.82 Å². The van der Waals surface area contributed by atoms with Gasteiger partial charge in [0.25, 0.3) is 5.91 Å². The summed E-state index contributed by atoms with van der Waals surface area (Å²) < 4.78 is 56.6. The number of piperidine rings is 1. The van der Waals surface area contributed by atoms with E-state index in [0.717, 1.165) is 12.3 Å². The van der Waals surface area contributed by atoms with Gasteiger partial charge in [-0.3, -0.25) is 4.79 Å². The molecule has 1 fully saturated rings. The molecule has 1 atom stereocenters. The first kappa shape index (κ1) is 19.2. The minimum atomic E-state index is -4.47. The molecule has 10 heteroatoms. The molecular formula is C19H16F4N4O2. The van der Waals surface area contributed by atoms with Crippen LogP contribution in [0.3, 0.4) is 0 Å². The molecule has 0 saturated carbocycles. The van der Waals surface area contributed by atoms with Gasteiger partial charge in [0, 0.05) is 24.8 Å². The number of likely N-dealkylation sites (tertiary alicyclic amines) is 1. The third kappa shape index (κ3) is 4.01. The Morgan fingerprint density at radius 2 is 2.00 bits per heavy atom. The molecule has 1 aliphatic heterocycles. The van der Waals surface area contributed by atoms with Crippen LogP contribution >= 0.6 is 0 Å². The second-order valence-electron chi connectivity index (χ2n) is 6.85. The number of nitrogens with zero attached hydrogens (tertiary/aromatic N) is 3. The molecule has 6 nitrogen and oxygen atoms in total. The zero-order valence-corrected chi connectivity index (χ0v) is 15.0. The Balaban J connectivity index is 1.48. The van der Waals surface area contributed by atoms with Gasteiger partial charge in [-0.05, 0) is 43.2 Å². The van der Waals surface area contributed by atoms with Crippen molar-refractivity contribution in [2.24, 2.45) is 0 Å². The van der Waals surface area contributed by atoms with Crippen LogP contribution in [0.25, 0.3) is 11.5 Å². The highest BCUT2D eigenvalue weighted by molar-refractivity contribution is 5.94. The maximum absolute atomic E-state index is 13.1. The number of aromatic amines is 1. The van der Waals surface area contributed by atoms with Gasteiger partial charge in [-0.25, -0.2) is 4.39 Å². The van der Waals surface area contributed by atoms with Crippen molar-refractivity contribution in [1.82, 2.24) is 20.0 Å². The lowest BCUT2D eigenvalue weighted by molar-refractivity contribution is -0.137. The number of benzene rings is 1. The first-order chi connectivity index (χ1) is 13.8. The zero-order valence-electron chi connectivity index (χ0n) is 15.0. The summed E-state index contributed by atoms with van der Waals surface area (Å²) in [5, 5.41) is 3.76. The van der Waals surface area contributed by atoms with Crippen molar-refractivity contribution in [2.45, 2.75) is 24.9 Å². The highest BCUT2D eigenvalue weighted by Gasteiger charge is 2.33. The Morgan fingerprint density at radius 3 is 2.69 bits per heavy atom. The number of halogens is 4. The topological polar surface area (TPSA) is 75.0 Å². The molecule has 0 spiro atoms. The normalized spacial score (nSPS) is 17.5. The van der Waals surface area contributed by atoms with E-state index in [0.29, 0.717) is 31.5 Å². The Labute approximate surface area is 162 Å². The molecule has 4 rings (SSSR count). The largest absolute Gasteiger partial charge is 0.417 e. The van der Waals surface area contributed by atoms with E-state index in [2.05, 4.69) is 15.1 Å². The number of hydrogen-bond acceptors (Lipinski definition) is 4. The van der Waals surface area contributed by atoms with Crippen LogP contribution in [0.4, 0.5) is 17.6 Å². The Bertz CT molecular complexity index is 1010. The Morgan fingerprint density at radius 1 is 1.24 bits per heavy atom. The van der Waals surface area contributed by atoms with Gasteiger partial charge in [-0.15, -0.1) is 0 Å². The quantitative estimate of drug-likeness (QED) is 0.658. The summed E-state index contributed by atoms with van der Waals surface area (Å²) in [7, 11) is 0. The molecule has 1 aliphatic rings. The van der Waals surface area contributed by atoms with Crippen molar-refractivity contribution in [1.29, 1.82) is 0 Å². The highest BCUT2D eigenvalue weighted by Crippen LogP contribution is 2.32. The standard InChI is InChI=1S/C19H16F4N4O2/c20-14-5-3-11(4-6-14)18(28)27-7-1-2-12(10-27)17-25-16(26-29-17)15-8-13(9-24-15)19(21,22)23/h3-6,8-9,12,24H,1-2,7,10H2. The van der Waals surface area contributed by atoms with Crippen LogP contribution in [0.1, 0.15) is 40.6 Å². The fourth-order valence-corrected chi connectivity index (χ4v) is 3.34. The van der Waals surface area contributed by atoms with Crippen LogP contribution in [-0.4, -0.2) is 39.0 Å². The van der Waals surface area contributed by atoms with Crippen molar-refractivity contribution in [3.8, 4) is 11.5 Å². The van der Waals surface area contributed by atoms with E-state index in [-0.39, 0.29) is 29.2 Å². The van der Waals surface area contributed by atoms with E-state index in [4.69, 9.17) is 4.52 Å². The number of rotatable bonds is 3. The molecule has 152 valence electrons. The number of hydrogen-bond donors (Lipinski definition) is 1. The zero-order chi connectivity index (χ0) is 20.6. The van der Waals surface area contributed by atoms with Crippen LogP contribution in [0.15, 0.2) is 41.1 Å². The lowest BCUT2D eigenvalue weighted by Gasteiger charge is -2.31. The minimum absolute atomic E-state index is 0.0254. The van der Waals surface area contributed by atoms with Gasteiger partial charge in [0.1, 0.15) is 5.82 Å². The van der Waals surface area contributed by atoms with Gasteiger partial charge in [-0.2, -0.15) is 18.2 Å². The Kier molecular flexibility index (Phi) is 4.85. The van der Waals surface area contributed by atoms with Gasteiger partial charge in [0.05, 0.1) is 17.2 Å².